The third-order valence-corrected chi connectivity index (χ3v) is 4.43. The number of nitrogens with one attached hydrogen (secondary N) is 2. The van der Waals surface area contributed by atoms with Crippen LogP contribution in [-0.2, 0) is 11.3 Å². The third kappa shape index (κ3) is 4.96. The van der Waals surface area contributed by atoms with Crippen molar-refractivity contribution in [3.8, 4) is 16.9 Å². The Balaban J connectivity index is 1.66. The molecule has 0 fully saturated rings. The number of anilines is 1. The Bertz CT molecular complexity index is 894. The first-order chi connectivity index (χ1) is 13.2. The molecule has 4 nitrogen and oxygen atoms in total. The Kier molecular flexibility index (Phi) is 6.23. The molecule has 1 amide bonds. The highest BCUT2D eigenvalue weighted by Gasteiger charge is 2.14. The smallest absolute Gasteiger partial charge is 0.279 e. The molecule has 3 rings (SSSR count). The van der Waals surface area contributed by atoms with Gasteiger partial charge in [0.2, 0.25) is 0 Å². The van der Waals surface area contributed by atoms with Crippen LogP contribution in [0.5, 0.6) is 5.75 Å². The fourth-order valence-electron chi connectivity index (χ4n) is 3.17. The number of para-hydroxylation sites is 2. The van der Waals surface area contributed by atoms with Crippen molar-refractivity contribution in [1.82, 2.24) is 0 Å². The van der Waals surface area contributed by atoms with Crippen LogP contribution in [0.4, 0.5) is 5.69 Å². The quantitative estimate of drug-likeness (QED) is 0.679. The van der Waals surface area contributed by atoms with Crippen LogP contribution in [0, 0.1) is 0 Å². The summed E-state index contributed by atoms with van der Waals surface area (Å²) >= 11 is 0. The van der Waals surface area contributed by atoms with Crippen molar-refractivity contribution >= 4 is 11.6 Å². The van der Waals surface area contributed by atoms with Crippen molar-refractivity contribution in [1.29, 1.82) is 0 Å². The lowest BCUT2D eigenvalue weighted by Crippen LogP contribution is -3.08. The highest BCUT2D eigenvalue weighted by atomic mass is 16.5. The van der Waals surface area contributed by atoms with Crippen molar-refractivity contribution in [2.75, 3.05) is 26.0 Å². The van der Waals surface area contributed by atoms with Gasteiger partial charge in [0.25, 0.3) is 5.91 Å². The predicted octanol–water partition coefficient (Wildman–Crippen LogP) is 3.02. The van der Waals surface area contributed by atoms with Crippen LogP contribution in [0.2, 0.25) is 0 Å². The van der Waals surface area contributed by atoms with E-state index in [9.17, 15) is 4.79 Å². The lowest BCUT2D eigenvalue weighted by molar-refractivity contribution is -0.885. The van der Waals surface area contributed by atoms with E-state index in [2.05, 4.69) is 5.32 Å². The van der Waals surface area contributed by atoms with Gasteiger partial charge in [-0.3, -0.25) is 4.79 Å². The average Bonchev–Trinajstić information content (AvgIpc) is 2.69. The van der Waals surface area contributed by atoms with Crippen LogP contribution in [0.3, 0.4) is 0 Å². The van der Waals surface area contributed by atoms with Gasteiger partial charge in [0.15, 0.2) is 6.54 Å². The number of quaternary nitrogens is 1. The Hall–Kier alpha value is -3.11. The zero-order chi connectivity index (χ0) is 19.1. The summed E-state index contributed by atoms with van der Waals surface area (Å²) in [6.45, 7) is 1.10. The van der Waals surface area contributed by atoms with Crippen molar-refractivity contribution < 1.29 is 14.4 Å². The fraction of sp³-hybridized carbons (Fsp3) is 0.174. The normalized spacial score (nSPS) is 11.6. The molecule has 0 bridgehead atoms. The highest BCUT2D eigenvalue weighted by Crippen LogP contribution is 2.27. The average molecular weight is 361 g/mol. The second-order valence-electron chi connectivity index (χ2n) is 6.58. The Morgan fingerprint density at radius 2 is 1.59 bits per heavy atom. The van der Waals surface area contributed by atoms with Gasteiger partial charge >= 0.3 is 0 Å². The number of rotatable bonds is 7. The number of benzene rings is 3. The lowest BCUT2D eigenvalue weighted by Gasteiger charge is -2.16. The van der Waals surface area contributed by atoms with E-state index in [0.717, 1.165) is 39.6 Å². The molecule has 0 aliphatic carbocycles. The molecule has 138 valence electrons. The lowest BCUT2D eigenvalue weighted by atomic mass is 10.0. The van der Waals surface area contributed by atoms with Crippen LogP contribution < -0.4 is 15.0 Å². The second kappa shape index (κ2) is 9.01. The van der Waals surface area contributed by atoms with Crippen LogP contribution in [0.1, 0.15) is 5.56 Å². The molecule has 0 saturated carbocycles. The summed E-state index contributed by atoms with van der Waals surface area (Å²) in [7, 11) is 3.68. The molecule has 0 spiro atoms. The predicted molar refractivity (Wildman–Crippen MR) is 109 cm³/mol. The maximum absolute atomic E-state index is 12.6. The Morgan fingerprint density at radius 3 is 2.37 bits per heavy atom. The van der Waals surface area contributed by atoms with Gasteiger partial charge in [0, 0.05) is 16.8 Å². The van der Waals surface area contributed by atoms with E-state index in [0.29, 0.717) is 6.54 Å². The SMILES string of the molecule is COc1ccccc1C[NH+](C)CC(=O)Nc1ccccc1-c1ccccc1. The minimum Gasteiger partial charge on any atom is -0.496 e. The summed E-state index contributed by atoms with van der Waals surface area (Å²) in [5.74, 6) is 0.845. The van der Waals surface area contributed by atoms with Gasteiger partial charge < -0.3 is 15.0 Å². The monoisotopic (exact) mass is 361 g/mol. The topological polar surface area (TPSA) is 42.8 Å². The van der Waals surface area contributed by atoms with Crippen molar-refractivity contribution in [3.05, 3.63) is 84.4 Å². The maximum Gasteiger partial charge on any atom is 0.279 e. The summed E-state index contributed by atoms with van der Waals surface area (Å²) in [6, 6.07) is 25.9. The van der Waals surface area contributed by atoms with E-state index in [1.165, 1.54) is 0 Å². The largest absolute Gasteiger partial charge is 0.496 e. The minimum absolute atomic E-state index is 0.00854. The van der Waals surface area contributed by atoms with E-state index in [1.54, 1.807) is 7.11 Å². The Labute approximate surface area is 160 Å². The van der Waals surface area contributed by atoms with Gasteiger partial charge in [-0.05, 0) is 23.8 Å². The number of hydrogen-bond acceptors (Lipinski definition) is 2. The van der Waals surface area contributed by atoms with Crippen LogP contribution in [0.25, 0.3) is 11.1 Å². The van der Waals surface area contributed by atoms with E-state index < -0.39 is 0 Å². The fourth-order valence-corrected chi connectivity index (χ4v) is 3.17. The summed E-state index contributed by atoms with van der Waals surface area (Å²) in [4.78, 5) is 13.7. The van der Waals surface area contributed by atoms with Gasteiger partial charge in [0.1, 0.15) is 12.3 Å². The van der Waals surface area contributed by atoms with E-state index in [1.807, 2.05) is 85.9 Å². The van der Waals surface area contributed by atoms with Gasteiger partial charge in [-0.2, -0.15) is 0 Å². The van der Waals surface area contributed by atoms with Gasteiger partial charge in [-0.1, -0.05) is 60.7 Å². The number of amides is 1. The maximum atomic E-state index is 12.6. The Morgan fingerprint density at radius 1 is 0.926 bits per heavy atom. The number of methoxy groups -OCH3 is 1. The third-order valence-electron chi connectivity index (χ3n) is 4.43. The first-order valence-corrected chi connectivity index (χ1v) is 9.05. The van der Waals surface area contributed by atoms with Crippen LogP contribution in [-0.4, -0.2) is 26.6 Å². The molecule has 1 atom stereocenters. The minimum atomic E-state index is -0.00854. The van der Waals surface area contributed by atoms with Crippen molar-refractivity contribution in [2.45, 2.75) is 6.54 Å². The molecule has 0 aliphatic rings. The number of carbonyl (C=O) groups excluding carboxylic acids is 1. The molecule has 2 N–H and O–H groups in total. The molecule has 0 aromatic heterocycles. The van der Waals surface area contributed by atoms with Crippen LogP contribution in [0.15, 0.2) is 78.9 Å². The first kappa shape index (κ1) is 18.7. The van der Waals surface area contributed by atoms with Gasteiger partial charge in [-0.25, -0.2) is 0 Å². The molecule has 1 unspecified atom stereocenters. The number of ether oxygens (including phenoxy) is 1. The molecule has 3 aromatic carbocycles. The molecule has 3 aromatic rings. The van der Waals surface area contributed by atoms with Crippen molar-refractivity contribution in [3.63, 3.8) is 0 Å². The van der Waals surface area contributed by atoms with E-state index in [4.69, 9.17) is 4.74 Å². The highest BCUT2D eigenvalue weighted by molar-refractivity contribution is 5.96. The first-order valence-electron chi connectivity index (χ1n) is 9.05. The van der Waals surface area contributed by atoms with Gasteiger partial charge in [-0.15, -0.1) is 0 Å². The standard InChI is InChI=1S/C23H24N2O2/c1-25(16-19-12-6-9-15-22(19)27-2)17-23(26)24-21-14-8-7-13-20(21)18-10-4-3-5-11-18/h3-15H,16-17H2,1-2H3,(H,24,26)/p+1. The zero-order valence-corrected chi connectivity index (χ0v) is 15.7. The number of hydrogen-bond donors (Lipinski definition) is 2. The molecule has 27 heavy (non-hydrogen) atoms. The summed E-state index contributed by atoms with van der Waals surface area (Å²) in [6.07, 6.45) is 0. The van der Waals surface area contributed by atoms with E-state index in [-0.39, 0.29) is 5.91 Å². The molecule has 0 aliphatic heterocycles. The molecule has 0 radical (unpaired) electrons. The summed E-state index contributed by atoms with van der Waals surface area (Å²) < 4.78 is 5.40. The molecular weight excluding hydrogens is 336 g/mol. The molecular formula is C23H25N2O2+. The number of likely N-dealkylation sites (N-methyl/N-ethyl adjacent to an activating group) is 1. The zero-order valence-electron chi connectivity index (χ0n) is 15.7. The van der Waals surface area contributed by atoms with Crippen LogP contribution >= 0.6 is 0 Å². The number of carbonyl (C=O) groups is 1. The van der Waals surface area contributed by atoms with Crippen molar-refractivity contribution in [2.24, 2.45) is 0 Å². The molecule has 0 heterocycles. The van der Waals surface area contributed by atoms with E-state index >= 15 is 0 Å². The molecule has 0 saturated heterocycles. The summed E-state index contributed by atoms with van der Waals surface area (Å²) in [5.41, 5.74) is 4.03. The summed E-state index contributed by atoms with van der Waals surface area (Å²) in [5, 5.41) is 3.06. The molecule has 4 heteroatoms. The second-order valence-corrected chi connectivity index (χ2v) is 6.58. The van der Waals surface area contributed by atoms with Gasteiger partial charge in [0.05, 0.1) is 14.2 Å².